The summed E-state index contributed by atoms with van der Waals surface area (Å²) in [5.41, 5.74) is 0. The molecule has 2 aromatic heterocycles. The van der Waals surface area contributed by atoms with Crippen molar-refractivity contribution in [1.82, 2.24) is 30.0 Å². The number of pyridine rings is 1. The topological polar surface area (TPSA) is 74.5 Å². The van der Waals surface area contributed by atoms with E-state index >= 15 is 0 Å². The Balaban J connectivity index is 1.42. The molecule has 26 heavy (non-hydrogen) atoms. The molecule has 0 bridgehead atoms. The Kier molecular flexibility index (Phi) is 4.73. The molecule has 3 heterocycles. The van der Waals surface area contributed by atoms with E-state index in [1.54, 1.807) is 0 Å². The molecule has 2 aromatic rings. The van der Waals surface area contributed by atoms with Crippen molar-refractivity contribution in [1.29, 1.82) is 0 Å². The highest BCUT2D eigenvalue weighted by Crippen LogP contribution is 2.20. The Morgan fingerprint density at radius 2 is 2.00 bits per heavy atom. The quantitative estimate of drug-likeness (QED) is 0.651. The largest absolute Gasteiger partial charge is 0.353 e. The first-order valence-corrected chi connectivity index (χ1v) is 9.27. The number of aliphatic imine (C=N–C) groups is 1. The Morgan fingerprint density at radius 3 is 2.62 bits per heavy atom. The van der Waals surface area contributed by atoms with Crippen molar-refractivity contribution >= 4 is 11.8 Å². The lowest BCUT2D eigenvalue weighted by Crippen LogP contribution is -2.53. The van der Waals surface area contributed by atoms with E-state index in [0.29, 0.717) is 12.6 Å². The molecule has 1 aliphatic carbocycles. The zero-order valence-corrected chi connectivity index (χ0v) is 15.5. The normalized spacial score (nSPS) is 18.3. The molecule has 0 atom stereocenters. The number of nitrogens with one attached hydrogen (secondary N) is 1. The van der Waals surface area contributed by atoms with Crippen LogP contribution in [0.4, 0.5) is 5.82 Å². The van der Waals surface area contributed by atoms with Gasteiger partial charge in [0.05, 0.1) is 0 Å². The van der Waals surface area contributed by atoms with Gasteiger partial charge in [0.15, 0.2) is 11.8 Å². The van der Waals surface area contributed by atoms with E-state index in [-0.39, 0.29) is 0 Å². The van der Waals surface area contributed by atoms with E-state index in [9.17, 15) is 0 Å². The summed E-state index contributed by atoms with van der Waals surface area (Å²) in [6.45, 7) is 6.28. The number of piperazine rings is 1. The van der Waals surface area contributed by atoms with Crippen molar-refractivity contribution < 1.29 is 0 Å². The lowest BCUT2D eigenvalue weighted by atomic mass is 10.3. The molecule has 8 heteroatoms. The minimum Gasteiger partial charge on any atom is -0.353 e. The molecule has 1 saturated heterocycles. The summed E-state index contributed by atoms with van der Waals surface area (Å²) in [7, 11) is 1.99. The van der Waals surface area contributed by atoms with Gasteiger partial charge in [-0.1, -0.05) is 6.07 Å². The van der Waals surface area contributed by atoms with Gasteiger partial charge < -0.3 is 19.7 Å². The molecule has 1 aliphatic heterocycles. The minimum atomic E-state index is 0.548. The van der Waals surface area contributed by atoms with E-state index in [1.165, 1.54) is 12.8 Å². The number of nitrogens with zero attached hydrogens (tertiary/aromatic N) is 7. The molecule has 1 saturated carbocycles. The standard InChI is InChI=1S/C18H26N8/c1-14-22-23-17(24(14)2)13-20-18(21-15-6-7-15)26-11-9-25(10-12-26)16-5-3-4-8-19-16/h3-5,8,15H,6-7,9-13H2,1-2H3,(H,20,21). The summed E-state index contributed by atoms with van der Waals surface area (Å²) in [4.78, 5) is 14.0. The minimum absolute atomic E-state index is 0.548. The summed E-state index contributed by atoms with van der Waals surface area (Å²) < 4.78 is 2.00. The van der Waals surface area contributed by atoms with Crippen LogP contribution in [0.2, 0.25) is 0 Å². The molecular weight excluding hydrogens is 328 g/mol. The van der Waals surface area contributed by atoms with Gasteiger partial charge in [0.25, 0.3) is 0 Å². The molecule has 2 aliphatic rings. The van der Waals surface area contributed by atoms with Gasteiger partial charge >= 0.3 is 0 Å². The molecule has 0 spiro atoms. The van der Waals surface area contributed by atoms with Crippen molar-refractivity contribution in [3.05, 3.63) is 36.0 Å². The molecule has 2 fully saturated rings. The second-order valence-corrected chi connectivity index (χ2v) is 6.94. The van der Waals surface area contributed by atoms with Gasteiger partial charge in [0.1, 0.15) is 18.2 Å². The molecule has 4 rings (SSSR count). The van der Waals surface area contributed by atoms with Gasteiger partial charge in [-0.25, -0.2) is 9.98 Å². The summed E-state index contributed by atoms with van der Waals surface area (Å²) in [5.74, 6) is 3.85. The summed E-state index contributed by atoms with van der Waals surface area (Å²) in [6.07, 6.45) is 4.32. The van der Waals surface area contributed by atoms with E-state index < -0.39 is 0 Å². The Labute approximate surface area is 154 Å². The van der Waals surface area contributed by atoms with Crippen LogP contribution < -0.4 is 10.2 Å². The third kappa shape index (κ3) is 3.79. The molecule has 0 amide bonds. The third-order valence-corrected chi connectivity index (χ3v) is 5.02. The second-order valence-electron chi connectivity index (χ2n) is 6.94. The number of hydrogen-bond acceptors (Lipinski definition) is 5. The summed E-state index contributed by atoms with van der Waals surface area (Å²) in [5, 5.41) is 11.9. The van der Waals surface area contributed by atoms with Crippen molar-refractivity contribution in [2.75, 3.05) is 31.1 Å². The smallest absolute Gasteiger partial charge is 0.194 e. The second kappa shape index (κ2) is 7.31. The van der Waals surface area contributed by atoms with Gasteiger partial charge in [-0.2, -0.15) is 0 Å². The fraction of sp³-hybridized carbons (Fsp3) is 0.556. The van der Waals surface area contributed by atoms with Gasteiger partial charge in [-0.3, -0.25) is 0 Å². The predicted molar refractivity (Wildman–Crippen MR) is 101 cm³/mol. The van der Waals surface area contributed by atoms with Crippen LogP contribution in [0.3, 0.4) is 0 Å². The zero-order valence-electron chi connectivity index (χ0n) is 15.5. The Bertz CT molecular complexity index is 757. The number of hydrogen-bond donors (Lipinski definition) is 1. The van der Waals surface area contributed by atoms with Crippen molar-refractivity contribution in [3.63, 3.8) is 0 Å². The van der Waals surface area contributed by atoms with Crippen LogP contribution in [-0.2, 0) is 13.6 Å². The van der Waals surface area contributed by atoms with E-state index in [1.807, 2.05) is 36.9 Å². The average molecular weight is 354 g/mol. The van der Waals surface area contributed by atoms with Crippen molar-refractivity contribution in [3.8, 4) is 0 Å². The molecule has 1 N–H and O–H groups in total. The van der Waals surface area contributed by atoms with Gasteiger partial charge in [-0.15, -0.1) is 10.2 Å². The van der Waals surface area contributed by atoms with Crippen LogP contribution in [0.15, 0.2) is 29.4 Å². The monoisotopic (exact) mass is 354 g/mol. The number of anilines is 1. The highest BCUT2D eigenvalue weighted by molar-refractivity contribution is 5.81. The third-order valence-electron chi connectivity index (χ3n) is 5.02. The van der Waals surface area contributed by atoms with Gasteiger partial charge in [0, 0.05) is 45.5 Å². The summed E-state index contributed by atoms with van der Waals surface area (Å²) >= 11 is 0. The molecule has 8 nitrogen and oxygen atoms in total. The lowest BCUT2D eigenvalue weighted by Gasteiger charge is -2.37. The average Bonchev–Trinajstić information content (AvgIpc) is 3.45. The van der Waals surface area contributed by atoms with Crippen LogP contribution in [0.1, 0.15) is 24.5 Å². The Morgan fingerprint density at radius 1 is 1.19 bits per heavy atom. The first-order chi connectivity index (χ1) is 12.7. The highest BCUT2D eigenvalue weighted by atomic mass is 15.4. The molecular formula is C18H26N8. The zero-order chi connectivity index (χ0) is 17.9. The van der Waals surface area contributed by atoms with Crippen LogP contribution >= 0.6 is 0 Å². The van der Waals surface area contributed by atoms with Gasteiger partial charge in [0.2, 0.25) is 0 Å². The highest BCUT2D eigenvalue weighted by Gasteiger charge is 2.27. The maximum Gasteiger partial charge on any atom is 0.194 e. The summed E-state index contributed by atoms with van der Waals surface area (Å²) in [6, 6.07) is 6.64. The van der Waals surface area contributed by atoms with E-state index in [4.69, 9.17) is 4.99 Å². The van der Waals surface area contributed by atoms with E-state index in [0.717, 1.165) is 49.6 Å². The number of guanidine groups is 1. The molecule has 0 unspecified atom stereocenters. The van der Waals surface area contributed by atoms with Crippen LogP contribution in [0, 0.1) is 6.92 Å². The van der Waals surface area contributed by atoms with Crippen molar-refractivity contribution in [2.24, 2.45) is 12.0 Å². The first-order valence-electron chi connectivity index (χ1n) is 9.27. The lowest BCUT2D eigenvalue weighted by molar-refractivity contribution is 0.370. The van der Waals surface area contributed by atoms with Crippen LogP contribution in [0.25, 0.3) is 0 Å². The number of aryl methyl sites for hydroxylation is 1. The SMILES string of the molecule is Cc1nnc(CN=C(NC2CC2)N2CCN(c3ccccn3)CC2)n1C. The maximum absolute atomic E-state index is 4.84. The van der Waals surface area contributed by atoms with Crippen molar-refractivity contribution in [2.45, 2.75) is 32.4 Å². The van der Waals surface area contributed by atoms with Gasteiger partial charge in [-0.05, 0) is 31.9 Å². The molecule has 138 valence electrons. The first kappa shape index (κ1) is 16.8. The number of aromatic nitrogens is 4. The fourth-order valence-electron chi connectivity index (χ4n) is 3.07. The predicted octanol–water partition coefficient (Wildman–Crippen LogP) is 0.949. The van der Waals surface area contributed by atoms with Crippen LogP contribution in [-0.4, -0.2) is 62.8 Å². The maximum atomic E-state index is 4.84. The Hall–Kier alpha value is -2.64. The number of rotatable bonds is 4. The fourth-order valence-corrected chi connectivity index (χ4v) is 3.07. The van der Waals surface area contributed by atoms with E-state index in [2.05, 4.69) is 36.4 Å². The van der Waals surface area contributed by atoms with Crippen LogP contribution in [0.5, 0.6) is 0 Å². The molecule has 0 radical (unpaired) electrons. The molecule has 0 aromatic carbocycles.